The summed E-state index contributed by atoms with van der Waals surface area (Å²) >= 11 is 0. The van der Waals surface area contributed by atoms with Gasteiger partial charge in [0.2, 0.25) is 0 Å². The van der Waals surface area contributed by atoms with Crippen molar-refractivity contribution in [2.45, 2.75) is 13.8 Å². The van der Waals surface area contributed by atoms with Crippen LogP contribution in [-0.4, -0.2) is 23.4 Å². The average Bonchev–Trinajstić information content (AvgIpc) is 2.57. The van der Waals surface area contributed by atoms with Crippen LogP contribution < -0.4 is 10.1 Å². The quantitative estimate of drug-likeness (QED) is 0.483. The zero-order valence-corrected chi connectivity index (χ0v) is 13.6. The number of allylic oxidation sites excluding steroid dienone is 1. The molecule has 0 spiro atoms. The molecule has 5 heteroatoms. The van der Waals surface area contributed by atoms with Crippen molar-refractivity contribution in [1.82, 2.24) is 0 Å². The minimum absolute atomic E-state index is 0.355. The molecule has 2 N–H and O–H groups in total. The summed E-state index contributed by atoms with van der Waals surface area (Å²) in [6, 6.07) is 13.6. The second-order valence-electron chi connectivity index (χ2n) is 5.17. The molecule has 0 saturated heterocycles. The van der Waals surface area contributed by atoms with Crippen LogP contribution in [-0.2, 0) is 4.79 Å². The third-order valence-electron chi connectivity index (χ3n) is 3.26. The monoisotopic (exact) mass is 325 g/mol. The van der Waals surface area contributed by atoms with E-state index in [9.17, 15) is 14.7 Å². The maximum Gasteiger partial charge on any atom is 0.290 e. The number of hydrogen-bond acceptors (Lipinski definition) is 4. The molecule has 0 aliphatic heterocycles. The maximum atomic E-state index is 12.1. The summed E-state index contributed by atoms with van der Waals surface area (Å²) in [6.45, 7) is 4.33. The number of ketones is 1. The molecule has 0 radical (unpaired) electrons. The highest BCUT2D eigenvalue weighted by molar-refractivity contribution is 6.11. The molecule has 0 aromatic heterocycles. The van der Waals surface area contributed by atoms with Gasteiger partial charge in [0, 0.05) is 17.3 Å². The van der Waals surface area contributed by atoms with Crippen molar-refractivity contribution in [3.8, 4) is 5.75 Å². The highest BCUT2D eigenvalue weighted by atomic mass is 16.5. The van der Waals surface area contributed by atoms with Crippen LogP contribution in [0.1, 0.15) is 22.8 Å². The summed E-state index contributed by atoms with van der Waals surface area (Å²) in [6.07, 6.45) is 0.902. The predicted octanol–water partition coefficient (Wildman–Crippen LogP) is 3.66. The van der Waals surface area contributed by atoms with Gasteiger partial charge in [0.15, 0.2) is 11.5 Å². The van der Waals surface area contributed by atoms with Crippen molar-refractivity contribution in [2.24, 2.45) is 0 Å². The average molecular weight is 325 g/mol. The normalized spacial score (nSPS) is 11.0. The molecule has 2 aromatic rings. The van der Waals surface area contributed by atoms with Gasteiger partial charge in [0.1, 0.15) is 5.75 Å². The van der Waals surface area contributed by atoms with E-state index in [-0.39, 0.29) is 0 Å². The molecule has 2 aromatic carbocycles. The van der Waals surface area contributed by atoms with Gasteiger partial charge in [-0.15, -0.1) is 0 Å². The van der Waals surface area contributed by atoms with Crippen LogP contribution in [0.5, 0.6) is 5.75 Å². The molecule has 0 fully saturated rings. The summed E-state index contributed by atoms with van der Waals surface area (Å²) in [7, 11) is 0. The van der Waals surface area contributed by atoms with Crippen LogP contribution in [0.4, 0.5) is 5.69 Å². The number of anilines is 1. The van der Waals surface area contributed by atoms with E-state index in [0.717, 1.165) is 11.6 Å². The topological polar surface area (TPSA) is 75.6 Å². The first-order valence-electron chi connectivity index (χ1n) is 7.55. The van der Waals surface area contributed by atoms with Gasteiger partial charge in [-0.05, 0) is 50.2 Å². The van der Waals surface area contributed by atoms with Crippen molar-refractivity contribution >= 4 is 17.4 Å². The lowest BCUT2D eigenvalue weighted by Gasteiger charge is -2.05. The van der Waals surface area contributed by atoms with Crippen LogP contribution >= 0.6 is 0 Å². The Balaban J connectivity index is 2.04. The fourth-order valence-corrected chi connectivity index (χ4v) is 1.99. The van der Waals surface area contributed by atoms with E-state index in [0.29, 0.717) is 23.6 Å². The van der Waals surface area contributed by atoms with Gasteiger partial charge < -0.3 is 15.2 Å². The van der Waals surface area contributed by atoms with Gasteiger partial charge in [-0.2, -0.15) is 0 Å². The minimum Gasteiger partial charge on any atom is -0.503 e. The van der Waals surface area contributed by atoms with Gasteiger partial charge in [0.25, 0.3) is 5.91 Å². The third kappa shape index (κ3) is 4.71. The Morgan fingerprint density at radius 2 is 1.71 bits per heavy atom. The molecule has 1 amide bonds. The van der Waals surface area contributed by atoms with Gasteiger partial charge in [-0.1, -0.05) is 17.7 Å². The first kappa shape index (κ1) is 17.3. The number of amides is 1. The highest BCUT2D eigenvalue weighted by Crippen LogP contribution is 2.14. The summed E-state index contributed by atoms with van der Waals surface area (Å²) in [4.78, 5) is 24.0. The second kappa shape index (κ2) is 7.97. The number of aryl methyl sites for hydroxylation is 1. The molecule has 0 bridgehead atoms. The Morgan fingerprint density at radius 1 is 1.08 bits per heavy atom. The second-order valence-corrected chi connectivity index (χ2v) is 5.17. The molecular formula is C19H19NO4. The molecule has 124 valence electrons. The van der Waals surface area contributed by atoms with Crippen molar-refractivity contribution < 1.29 is 19.4 Å². The molecule has 0 aliphatic carbocycles. The molecule has 2 rings (SSSR count). The van der Waals surface area contributed by atoms with Gasteiger partial charge >= 0.3 is 0 Å². The smallest absolute Gasteiger partial charge is 0.290 e. The Bertz CT molecular complexity index is 746. The predicted molar refractivity (Wildman–Crippen MR) is 92.5 cm³/mol. The lowest BCUT2D eigenvalue weighted by Crippen LogP contribution is -2.15. The largest absolute Gasteiger partial charge is 0.503 e. The van der Waals surface area contributed by atoms with E-state index in [1.807, 2.05) is 26.0 Å². The van der Waals surface area contributed by atoms with Crippen molar-refractivity contribution in [3.05, 3.63) is 71.5 Å². The number of aliphatic hydroxyl groups excluding tert-OH is 1. The fourth-order valence-electron chi connectivity index (χ4n) is 1.99. The Morgan fingerprint density at radius 3 is 2.29 bits per heavy atom. The highest BCUT2D eigenvalue weighted by Gasteiger charge is 2.11. The maximum absolute atomic E-state index is 12.1. The Hall–Kier alpha value is -3.08. The van der Waals surface area contributed by atoms with Crippen LogP contribution in [0.2, 0.25) is 0 Å². The van der Waals surface area contributed by atoms with Crippen molar-refractivity contribution in [3.63, 3.8) is 0 Å². The molecule has 0 aliphatic rings. The first-order valence-corrected chi connectivity index (χ1v) is 7.55. The van der Waals surface area contributed by atoms with E-state index in [4.69, 9.17) is 4.74 Å². The summed E-state index contributed by atoms with van der Waals surface area (Å²) in [5.74, 6) is -1.19. The molecule has 24 heavy (non-hydrogen) atoms. The zero-order valence-electron chi connectivity index (χ0n) is 13.6. The van der Waals surface area contributed by atoms with Gasteiger partial charge in [-0.25, -0.2) is 0 Å². The molecule has 5 nitrogen and oxygen atoms in total. The minimum atomic E-state index is -0.738. The van der Waals surface area contributed by atoms with Gasteiger partial charge in [0.05, 0.1) is 6.61 Å². The summed E-state index contributed by atoms with van der Waals surface area (Å²) in [5, 5.41) is 12.3. The van der Waals surface area contributed by atoms with Crippen LogP contribution in [0.3, 0.4) is 0 Å². The molecular weight excluding hydrogens is 306 g/mol. The number of ether oxygens (including phenoxy) is 1. The van der Waals surface area contributed by atoms with E-state index in [1.165, 1.54) is 0 Å². The molecule has 0 heterocycles. The molecule has 0 atom stereocenters. The standard InChI is InChI=1S/C19H19NO4/c1-3-24-16-10-6-14(7-11-16)17(21)12-18(22)19(23)20-15-8-4-13(2)5-9-15/h4-12,22H,3H2,1-2H3,(H,20,23)/b18-12-. The number of carbonyl (C=O) groups excluding carboxylic acids is 2. The lowest BCUT2D eigenvalue weighted by atomic mass is 10.1. The first-order chi connectivity index (χ1) is 11.5. The van der Waals surface area contributed by atoms with E-state index in [2.05, 4.69) is 5.32 Å². The summed E-state index contributed by atoms with van der Waals surface area (Å²) in [5.41, 5.74) is 1.95. The number of hydrogen-bond donors (Lipinski definition) is 2. The van der Waals surface area contributed by atoms with Crippen LogP contribution in [0.25, 0.3) is 0 Å². The zero-order chi connectivity index (χ0) is 17.5. The van der Waals surface area contributed by atoms with Crippen LogP contribution in [0.15, 0.2) is 60.4 Å². The molecule has 0 unspecified atom stereocenters. The van der Waals surface area contributed by atoms with E-state index < -0.39 is 17.4 Å². The fraction of sp³-hybridized carbons (Fsp3) is 0.158. The number of carbonyl (C=O) groups is 2. The number of benzene rings is 2. The van der Waals surface area contributed by atoms with Gasteiger partial charge in [-0.3, -0.25) is 9.59 Å². The van der Waals surface area contributed by atoms with Crippen molar-refractivity contribution in [1.29, 1.82) is 0 Å². The van der Waals surface area contributed by atoms with Crippen molar-refractivity contribution in [2.75, 3.05) is 11.9 Å². The Kier molecular flexibility index (Phi) is 5.73. The summed E-state index contributed by atoms with van der Waals surface area (Å²) < 4.78 is 5.29. The third-order valence-corrected chi connectivity index (χ3v) is 3.26. The number of rotatable bonds is 6. The van der Waals surface area contributed by atoms with E-state index >= 15 is 0 Å². The molecule has 0 saturated carbocycles. The SMILES string of the molecule is CCOc1ccc(C(=O)/C=C(\O)C(=O)Nc2ccc(C)cc2)cc1. The number of aliphatic hydroxyl groups is 1. The van der Waals surface area contributed by atoms with Crippen LogP contribution in [0, 0.1) is 6.92 Å². The van der Waals surface area contributed by atoms with E-state index in [1.54, 1.807) is 36.4 Å². The number of nitrogens with one attached hydrogen (secondary N) is 1. The Labute approximate surface area is 140 Å². The lowest BCUT2D eigenvalue weighted by molar-refractivity contribution is -0.115.